The Kier molecular flexibility index (Phi) is 3.28. The van der Waals surface area contributed by atoms with Gasteiger partial charge >= 0.3 is 0 Å². The van der Waals surface area contributed by atoms with Crippen LogP contribution in [-0.4, -0.2) is 35.4 Å². The smallest absolute Gasteiger partial charge is 0.168 e. The SMILES string of the molecule is C1=C(c2ccc3c(c2)OCCCO3)N2C(=N[C@@H]3CCCC[C@@H]32)S1. The predicted octanol–water partition coefficient (Wildman–Crippen LogP) is 3.88. The van der Waals surface area contributed by atoms with Crippen LogP contribution in [0.5, 0.6) is 11.5 Å². The van der Waals surface area contributed by atoms with Crippen LogP contribution in [0.2, 0.25) is 0 Å². The molecule has 4 aliphatic rings. The van der Waals surface area contributed by atoms with Gasteiger partial charge in [-0.05, 0) is 31.0 Å². The fraction of sp³-hybridized carbons (Fsp3) is 0.500. The summed E-state index contributed by atoms with van der Waals surface area (Å²) < 4.78 is 11.6. The number of rotatable bonds is 1. The summed E-state index contributed by atoms with van der Waals surface area (Å²) in [5.41, 5.74) is 2.48. The summed E-state index contributed by atoms with van der Waals surface area (Å²) in [6.07, 6.45) is 6.06. The van der Waals surface area contributed by atoms with Gasteiger partial charge in [0.2, 0.25) is 0 Å². The molecule has 0 saturated heterocycles. The first-order chi connectivity index (χ1) is 11.4. The molecule has 5 heteroatoms. The van der Waals surface area contributed by atoms with Crippen molar-refractivity contribution in [1.82, 2.24) is 4.90 Å². The second kappa shape index (κ2) is 5.48. The molecule has 1 aromatic carbocycles. The van der Waals surface area contributed by atoms with Crippen molar-refractivity contribution in [3.63, 3.8) is 0 Å². The average molecular weight is 328 g/mol. The van der Waals surface area contributed by atoms with Crippen LogP contribution >= 0.6 is 11.8 Å². The molecule has 0 amide bonds. The zero-order valence-electron chi connectivity index (χ0n) is 13.0. The van der Waals surface area contributed by atoms with Crippen molar-refractivity contribution in [2.24, 2.45) is 4.99 Å². The molecule has 2 atom stereocenters. The summed E-state index contributed by atoms with van der Waals surface area (Å²) in [6, 6.07) is 7.38. The maximum Gasteiger partial charge on any atom is 0.168 e. The van der Waals surface area contributed by atoms with Crippen LogP contribution < -0.4 is 9.47 Å². The average Bonchev–Trinajstić information content (AvgIpc) is 3.05. The maximum absolute atomic E-state index is 5.86. The Morgan fingerprint density at radius 3 is 2.87 bits per heavy atom. The molecule has 1 aromatic rings. The van der Waals surface area contributed by atoms with E-state index < -0.39 is 0 Å². The van der Waals surface area contributed by atoms with E-state index in [1.165, 1.54) is 42.1 Å². The van der Waals surface area contributed by atoms with Gasteiger partial charge in [-0.3, -0.25) is 4.99 Å². The van der Waals surface area contributed by atoms with E-state index in [4.69, 9.17) is 14.5 Å². The molecule has 1 saturated carbocycles. The molecule has 4 nitrogen and oxygen atoms in total. The zero-order chi connectivity index (χ0) is 15.2. The topological polar surface area (TPSA) is 34.1 Å². The fourth-order valence-electron chi connectivity index (χ4n) is 3.95. The van der Waals surface area contributed by atoms with Crippen LogP contribution in [0, 0.1) is 0 Å². The van der Waals surface area contributed by atoms with Gasteiger partial charge in [0.05, 0.1) is 31.0 Å². The van der Waals surface area contributed by atoms with Crippen molar-refractivity contribution in [1.29, 1.82) is 0 Å². The Hall–Kier alpha value is -1.62. The van der Waals surface area contributed by atoms with Gasteiger partial charge in [-0.25, -0.2) is 0 Å². The van der Waals surface area contributed by atoms with Crippen LogP contribution in [0.1, 0.15) is 37.7 Å². The number of aliphatic imine (C=N–C) groups is 1. The van der Waals surface area contributed by atoms with Crippen LogP contribution in [-0.2, 0) is 0 Å². The molecule has 0 radical (unpaired) electrons. The van der Waals surface area contributed by atoms with Gasteiger partial charge in [0, 0.05) is 17.4 Å². The summed E-state index contributed by atoms with van der Waals surface area (Å²) in [7, 11) is 0. The molecule has 3 heterocycles. The molecule has 0 unspecified atom stereocenters. The molecule has 0 bridgehead atoms. The predicted molar refractivity (Wildman–Crippen MR) is 92.9 cm³/mol. The van der Waals surface area contributed by atoms with E-state index >= 15 is 0 Å². The lowest BCUT2D eigenvalue weighted by Crippen LogP contribution is -2.38. The molecular weight excluding hydrogens is 308 g/mol. The lowest BCUT2D eigenvalue weighted by Gasteiger charge is -2.32. The highest BCUT2D eigenvalue weighted by Gasteiger charge is 2.42. The van der Waals surface area contributed by atoms with Gasteiger partial charge in [0.1, 0.15) is 0 Å². The third-order valence-corrected chi connectivity index (χ3v) is 5.94. The minimum Gasteiger partial charge on any atom is -0.490 e. The van der Waals surface area contributed by atoms with E-state index in [1.54, 1.807) is 11.8 Å². The van der Waals surface area contributed by atoms with Crippen molar-refractivity contribution in [3.05, 3.63) is 29.2 Å². The zero-order valence-corrected chi connectivity index (χ0v) is 13.8. The molecular formula is C18H20N2O2S. The molecule has 3 aliphatic heterocycles. The number of amidine groups is 1. The molecule has 23 heavy (non-hydrogen) atoms. The summed E-state index contributed by atoms with van der Waals surface area (Å²) in [5, 5.41) is 3.42. The normalized spacial score (nSPS) is 28.6. The Labute approximate surface area is 140 Å². The highest BCUT2D eigenvalue weighted by Crippen LogP contribution is 2.45. The number of thioether (sulfide) groups is 1. The first-order valence-corrected chi connectivity index (χ1v) is 9.42. The van der Waals surface area contributed by atoms with Gasteiger partial charge in [-0.15, -0.1) is 0 Å². The summed E-state index contributed by atoms with van der Waals surface area (Å²) in [5.74, 6) is 1.74. The lowest BCUT2D eigenvalue weighted by molar-refractivity contribution is 0.296. The number of benzene rings is 1. The van der Waals surface area contributed by atoms with Gasteiger partial charge in [-0.2, -0.15) is 0 Å². The molecule has 0 N–H and O–H groups in total. The van der Waals surface area contributed by atoms with Crippen molar-refractivity contribution in [3.8, 4) is 11.5 Å². The monoisotopic (exact) mass is 328 g/mol. The number of ether oxygens (including phenoxy) is 2. The number of fused-ring (bicyclic) bond motifs is 4. The third-order valence-electron chi connectivity index (χ3n) is 5.09. The Morgan fingerprint density at radius 2 is 1.91 bits per heavy atom. The van der Waals surface area contributed by atoms with Gasteiger partial charge in [0.25, 0.3) is 0 Å². The van der Waals surface area contributed by atoms with Gasteiger partial charge in [0.15, 0.2) is 16.7 Å². The summed E-state index contributed by atoms with van der Waals surface area (Å²) >= 11 is 1.77. The highest BCUT2D eigenvalue weighted by molar-refractivity contribution is 8.16. The molecule has 0 spiro atoms. The first-order valence-electron chi connectivity index (χ1n) is 8.54. The van der Waals surface area contributed by atoms with E-state index in [0.29, 0.717) is 12.1 Å². The van der Waals surface area contributed by atoms with Crippen molar-refractivity contribution >= 4 is 22.6 Å². The lowest BCUT2D eigenvalue weighted by atomic mass is 9.90. The quantitative estimate of drug-likeness (QED) is 0.783. The van der Waals surface area contributed by atoms with Crippen LogP contribution in [0.4, 0.5) is 0 Å². The largest absolute Gasteiger partial charge is 0.490 e. The maximum atomic E-state index is 5.86. The second-order valence-corrected chi connectivity index (χ2v) is 7.37. The van der Waals surface area contributed by atoms with Crippen molar-refractivity contribution < 1.29 is 9.47 Å². The first kappa shape index (κ1) is 13.8. The Morgan fingerprint density at radius 1 is 1.04 bits per heavy atom. The van der Waals surface area contributed by atoms with E-state index in [0.717, 1.165) is 31.1 Å². The fourth-order valence-corrected chi connectivity index (χ4v) is 4.96. The molecule has 0 aromatic heterocycles. The Bertz CT molecular complexity index is 700. The van der Waals surface area contributed by atoms with Crippen molar-refractivity contribution in [2.75, 3.05) is 13.2 Å². The number of hydrogen-bond donors (Lipinski definition) is 0. The standard InChI is InChI=1S/C18H20N2O2S/c1-2-5-14-13(4-1)19-18-20(14)15(11-23-18)12-6-7-16-17(10-12)22-9-3-8-21-16/h6-7,10-11,13-14H,1-5,8-9H2/t13-,14+/m1/s1. The second-order valence-electron chi connectivity index (χ2n) is 6.53. The van der Waals surface area contributed by atoms with Crippen LogP contribution in [0.15, 0.2) is 28.6 Å². The van der Waals surface area contributed by atoms with Crippen LogP contribution in [0.25, 0.3) is 5.70 Å². The summed E-state index contributed by atoms with van der Waals surface area (Å²) in [4.78, 5) is 7.41. The number of nitrogens with zero attached hydrogens (tertiary/aromatic N) is 2. The molecule has 1 fully saturated rings. The van der Waals surface area contributed by atoms with Crippen LogP contribution in [0.3, 0.4) is 0 Å². The van der Waals surface area contributed by atoms with E-state index in [-0.39, 0.29) is 0 Å². The van der Waals surface area contributed by atoms with Crippen molar-refractivity contribution in [2.45, 2.75) is 44.2 Å². The summed E-state index contributed by atoms with van der Waals surface area (Å²) in [6.45, 7) is 1.46. The Balaban J connectivity index is 1.48. The van der Waals surface area contributed by atoms with Gasteiger partial charge in [-0.1, -0.05) is 24.6 Å². The minimum atomic E-state index is 0.496. The minimum absolute atomic E-state index is 0.496. The number of hydrogen-bond acceptors (Lipinski definition) is 5. The molecule has 5 rings (SSSR count). The van der Waals surface area contributed by atoms with E-state index in [1.807, 2.05) is 6.07 Å². The van der Waals surface area contributed by atoms with E-state index in [9.17, 15) is 0 Å². The molecule has 1 aliphatic carbocycles. The highest BCUT2D eigenvalue weighted by atomic mass is 32.2. The third kappa shape index (κ3) is 2.24. The molecule has 120 valence electrons. The van der Waals surface area contributed by atoms with E-state index in [2.05, 4.69) is 22.4 Å². The van der Waals surface area contributed by atoms with Gasteiger partial charge < -0.3 is 14.4 Å².